The lowest BCUT2D eigenvalue weighted by Gasteiger charge is -2.37. The van der Waals surface area contributed by atoms with Crippen molar-refractivity contribution in [1.82, 2.24) is 10.2 Å². The SMILES string of the molecule is CC(C)CNCC1CCCCN1C(C)C#N. The maximum atomic E-state index is 9.01. The molecule has 16 heavy (non-hydrogen) atoms. The second kappa shape index (κ2) is 6.88. The molecule has 1 fully saturated rings. The van der Waals surface area contributed by atoms with Crippen molar-refractivity contribution in [2.75, 3.05) is 19.6 Å². The monoisotopic (exact) mass is 223 g/mol. The molecule has 3 heteroatoms. The zero-order valence-corrected chi connectivity index (χ0v) is 10.9. The standard InChI is InChI=1S/C13H25N3/c1-11(2)9-15-10-13-6-4-5-7-16(13)12(3)8-14/h11-13,15H,4-7,9-10H2,1-3H3. The van der Waals surface area contributed by atoms with Gasteiger partial charge in [0.25, 0.3) is 0 Å². The lowest BCUT2D eigenvalue weighted by molar-refractivity contribution is 0.125. The molecule has 0 spiro atoms. The quantitative estimate of drug-likeness (QED) is 0.775. The molecule has 2 unspecified atom stereocenters. The average molecular weight is 223 g/mol. The number of nitrogens with zero attached hydrogens (tertiary/aromatic N) is 2. The van der Waals surface area contributed by atoms with Gasteiger partial charge in [0.15, 0.2) is 0 Å². The third-order valence-electron chi connectivity index (χ3n) is 3.29. The van der Waals surface area contributed by atoms with E-state index in [0.29, 0.717) is 12.0 Å². The van der Waals surface area contributed by atoms with Crippen LogP contribution in [0.5, 0.6) is 0 Å². The summed E-state index contributed by atoms with van der Waals surface area (Å²) in [6.07, 6.45) is 3.78. The number of hydrogen-bond donors (Lipinski definition) is 1. The van der Waals surface area contributed by atoms with Crippen LogP contribution in [0.1, 0.15) is 40.0 Å². The van der Waals surface area contributed by atoms with Crippen molar-refractivity contribution in [2.24, 2.45) is 5.92 Å². The van der Waals surface area contributed by atoms with Crippen molar-refractivity contribution in [2.45, 2.75) is 52.1 Å². The highest BCUT2D eigenvalue weighted by Crippen LogP contribution is 2.18. The van der Waals surface area contributed by atoms with E-state index in [2.05, 4.69) is 30.1 Å². The summed E-state index contributed by atoms with van der Waals surface area (Å²) in [6.45, 7) is 9.66. The van der Waals surface area contributed by atoms with Crippen molar-refractivity contribution in [3.63, 3.8) is 0 Å². The molecule has 3 nitrogen and oxygen atoms in total. The molecular weight excluding hydrogens is 198 g/mol. The van der Waals surface area contributed by atoms with E-state index >= 15 is 0 Å². The summed E-state index contributed by atoms with van der Waals surface area (Å²) in [5.74, 6) is 0.699. The topological polar surface area (TPSA) is 39.1 Å². The lowest BCUT2D eigenvalue weighted by Crippen LogP contribution is -2.49. The number of nitrogens with one attached hydrogen (secondary N) is 1. The van der Waals surface area contributed by atoms with Crippen LogP contribution in [0.25, 0.3) is 0 Å². The molecule has 0 aromatic carbocycles. The van der Waals surface area contributed by atoms with Gasteiger partial charge in [-0.25, -0.2) is 0 Å². The van der Waals surface area contributed by atoms with Gasteiger partial charge in [-0.15, -0.1) is 0 Å². The third-order valence-corrected chi connectivity index (χ3v) is 3.29. The first-order valence-corrected chi connectivity index (χ1v) is 6.51. The van der Waals surface area contributed by atoms with Gasteiger partial charge in [-0.3, -0.25) is 4.90 Å². The molecule has 1 rings (SSSR count). The van der Waals surface area contributed by atoms with Crippen LogP contribution in [0.4, 0.5) is 0 Å². The molecule has 0 radical (unpaired) electrons. The molecule has 1 N–H and O–H groups in total. The number of rotatable bonds is 5. The predicted octanol–water partition coefficient (Wildman–Crippen LogP) is 2.00. The number of nitriles is 1. The molecule has 1 aliphatic rings. The Hall–Kier alpha value is -0.590. The summed E-state index contributed by atoms with van der Waals surface area (Å²) >= 11 is 0. The van der Waals surface area contributed by atoms with E-state index in [4.69, 9.17) is 5.26 Å². The van der Waals surface area contributed by atoms with Crippen LogP contribution in [0.3, 0.4) is 0 Å². The minimum absolute atomic E-state index is 0.0612. The number of hydrogen-bond acceptors (Lipinski definition) is 3. The van der Waals surface area contributed by atoms with Gasteiger partial charge in [-0.05, 0) is 38.8 Å². The Morgan fingerprint density at radius 2 is 2.12 bits per heavy atom. The Morgan fingerprint density at radius 3 is 2.75 bits per heavy atom. The fourth-order valence-corrected chi connectivity index (χ4v) is 2.36. The van der Waals surface area contributed by atoms with E-state index in [0.717, 1.165) is 19.6 Å². The van der Waals surface area contributed by atoms with Crippen LogP contribution < -0.4 is 5.32 Å². The van der Waals surface area contributed by atoms with Crippen molar-refractivity contribution in [3.05, 3.63) is 0 Å². The molecular formula is C13H25N3. The highest BCUT2D eigenvalue weighted by atomic mass is 15.2. The van der Waals surface area contributed by atoms with E-state index in [1.54, 1.807) is 0 Å². The minimum Gasteiger partial charge on any atom is -0.315 e. The molecule has 0 aliphatic carbocycles. The molecule has 1 aliphatic heterocycles. The fourth-order valence-electron chi connectivity index (χ4n) is 2.36. The van der Waals surface area contributed by atoms with Crippen molar-refractivity contribution in [3.8, 4) is 6.07 Å². The highest BCUT2D eigenvalue weighted by molar-refractivity contribution is 4.93. The predicted molar refractivity (Wildman–Crippen MR) is 67.1 cm³/mol. The Kier molecular flexibility index (Phi) is 5.79. The zero-order chi connectivity index (χ0) is 12.0. The third kappa shape index (κ3) is 4.11. The summed E-state index contributed by atoms with van der Waals surface area (Å²) in [7, 11) is 0. The van der Waals surface area contributed by atoms with E-state index in [1.165, 1.54) is 19.3 Å². The maximum Gasteiger partial charge on any atom is 0.0952 e. The normalized spacial score (nSPS) is 24.3. The van der Waals surface area contributed by atoms with Gasteiger partial charge < -0.3 is 5.32 Å². The van der Waals surface area contributed by atoms with Gasteiger partial charge >= 0.3 is 0 Å². The molecule has 0 amide bonds. The summed E-state index contributed by atoms with van der Waals surface area (Å²) in [5, 5.41) is 12.5. The Balaban J connectivity index is 2.38. The van der Waals surface area contributed by atoms with Crippen LogP contribution in [0.15, 0.2) is 0 Å². The summed E-state index contributed by atoms with van der Waals surface area (Å²) in [4.78, 5) is 2.36. The Labute approximate surface area is 99.8 Å². The van der Waals surface area contributed by atoms with Crippen LogP contribution >= 0.6 is 0 Å². The van der Waals surface area contributed by atoms with Crippen molar-refractivity contribution >= 4 is 0 Å². The summed E-state index contributed by atoms with van der Waals surface area (Å²) in [6, 6.07) is 2.98. The van der Waals surface area contributed by atoms with Crippen molar-refractivity contribution in [1.29, 1.82) is 5.26 Å². The van der Waals surface area contributed by atoms with Gasteiger partial charge in [-0.1, -0.05) is 20.3 Å². The first-order valence-electron chi connectivity index (χ1n) is 6.51. The van der Waals surface area contributed by atoms with E-state index < -0.39 is 0 Å². The van der Waals surface area contributed by atoms with E-state index in [9.17, 15) is 0 Å². The van der Waals surface area contributed by atoms with Gasteiger partial charge in [-0.2, -0.15) is 5.26 Å². The largest absolute Gasteiger partial charge is 0.315 e. The molecule has 0 bridgehead atoms. The van der Waals surface area contributed by atoms with Crippen LogP contribution in [0.2, 0.25) is 0 Å². The number of likely N-dealkylation sites (tertiary alicyclic amines) is 1. The van der Waals surface area contributed by atoms with Crippen LogP contribution in [0, 0.1) is 17.2 Å². The number of piperidine rings is 1. The minimum atomic E-state index is 0.0612. The molecule has 2 atom stereocenters. The van der Waals surface area contributed by atoms with Gasteiger partial charge in [0, 0.05) is 12.6 Å². The van der Waals surface area contributed by atoms with E-state index in [-0.39, 0.29) is 6.04 Å². The van der Waals surface area contributed by atoms with Gasteiger partial charge in [0.2, 0.25) is 0 Å². The second-order valence-corrected chi connectivity index (χ2v) is 5.24. The molecule has 1 saturated heterocycles. The molecule has 1 heterocycles. The zero-order valence-electron chi connectivity index (χ0n) is 10.9. The molecule has 0 saturated carbocycles. The first-order chi connectivity index (χ1) is 7.65. The summed E-state index contributed by atoms with van der Waals surface area (Å²) in [5.41, 5.74) is 0. The van der Waals surface area contributed by atoms with E-state index in [1.807, 2.05) is 6.92 Å². The highest BCUT2D eigenvalue weighted by Gasteiger charge is 2.25. The maximum absolute atomic E-state index is 9.01. The molecule has 92 valence electrons. The van der Waals surface area contributed by atoms with Crippen molar-refractivity contribution < 1.29 is 0 Å². The molecule has 0 aromatic rings. The molecule has 0 aromatic heterocycles. The van der Waals surface area contributed by atoms with Gasteiger partial charge in [0.1, 0.15) is 0 Å². The fraction of sp³-hybridized carbons (Fsp3) is 0.923. The van der Waals surface area contributed by atoms with Gasteiger partial charge in [0.05, 0.1) is 12.1 Å². The van der Waals surface area contributed by atoms with Crippen LogP contribution in [-0.4, -0.2) is 36.6 Å². The second-order valence-electron chi connectivity index (χ2n) is 5.24. The lowest BCUT2D eigenvalue weighted by atomic mass is 10.00. The summed E-state index contributed by atoms with van der Waals surface area (Å²) < 4.78 is 0. The Morgan fingerprint density at radius 1 is 1.38 bits per heavy atom. The smallest absolute Gasteiger partial charge is 0.0952 e. The van der Waals surface area contributed by atoms with Crippen LogP contribution in [-0.2, 0) is 0 Å². The average Bonchev–Trinajstić information content (AvgIpc) is 2.28. The Bertz CT molecular complexity index is 232. The first kappa shape index (κ1) is 13.5.